The zero-order valence-electron chi connectivity index (χ0n) is 18.7. The number of piperazine rings is 1. The van der Waals surface area contributed by atoms with Crippen molar-refractivity contribution in [1.82, 2.24) is 5.32 Å². The first-order valence-electron chi connectivity index (χ1n) is 10.8. The van der Waals surface area contributed by atoms with Crippen LogP contribution in [0.3, 0.4) is 0 Å². The first-order valence-corrected chi connectivity index (χ1v) is 10.8. The molecule has 1 amide bonds. The van der Waals surface area contributed by atoms with E-state index < -0.39 is 0 Å². The van der Waals surface area contributed by atoms with E-state index in [0.29, 0.717) is 6.54 Å². The molecule has 30 heavy (non-hydrogen) atoms. The lowest BCUT2D eigenvalue weighted by atomic mass is 10.0. The van der Waals surface area contributed by atoms with Crippen LogP contribution < -0.4 is 24.8 Å². The minimum Gasteiger partial charge on any atom is -0.484 e. The number of nitrogens with zero attached hydrogens (tertiary/aromatic N) is 1. The van der Waals surface area contributed by atoms with Gasteiger partial charge in [0, 0.05) is 25.3 Å². The number of hydrogen-bond acceptors (Lipinski definition) is 3. The molecular formula is C24H36N4O2+2. The second-order valence-corrected chi connectivity index (χ2v) is 8.56. The Morgan fingerprint density at radius 1 is 1.10 bits per heavy atom. The maximum absolute atomic E-state index is 12.5. The second-order valence-electron chi connectivity index (χ2n) is 8.56. The van der Waals surface area contributed by atoms with Gasteiger partial charge in [0.25, 0.3) is 5.91 Å². The van der Waals surface area contributed by atoms with Crippen LogP contribution in [-0.4, -0.2) is 66.4 Å². The number of rotatable bonds is 8. The van der Waals surface area contributed by atoms with Crippen molar-refractivity contribution < 1.29 is 19.3 Å². The van der Waals surface area contributed by atoms with Gasteiger partial charge in [0.15, 0.2) is 6.61 Å². The lowest BCUT2D eigenvalue weighted by molar-refractivity contribution is -1.02. The Bertz CT molecular complexity index is 814. The van der Waals surface area contributed by atoms with E-state index in [1.165, 1.54) is 16.2 Å². The number of quaternary nitrogens is 2. The maximum atomic E-state index is 12.5. The Hall–Kier alpha value is -2.57. The number of aryl methyl sites for hydroxylation is 1. The molecule has 1 aliphatic rings. The summed E-state index contributed by atoms with van der Waals surface area (Å²) in [6.07, 6.45) is 0. The molecule has 0 spiro atoms. The average molecular weight is 413 g/mol. The lowest BCUT2D eigenvalue weighted by Crippen LogP contribution is -3.27. The molecule has 2 aromatic carbocycles. The first kappa shape index (κ1) is 22.1. The van der Waals surface area contributed by atoms with E-state index in [1.807, 2.05) is 31.2 Å². The summed E-state index contributed by atoms with van der Waals surface area (Å²) in [5.74, 6) is 0.652. The number of nitrogens with one attached hydrogen (secondary N) is 3. The van der Waals surface area contributed by atoms with Gasteiger partial charge in [0.05, 0.1) is 13.6 Å². The normalized spacial score (nSPS) is 19.7. The lowest BCUT2D eigenvalue weighted by Gasteiger charge is -2.33. The van der Waals surface area contributed by atoms with E-state index in [-0.39, 0.29) is 18.6 Å². The molecule has 3 rings (SSSR count). The number of carbonyl (C=O) groups is 1. The van der Waals surface area contributed by atoms with Gasteiger partial charge >= 0.3 is 0 Å². The van der Waals surface area contributed by atoms with Gasteiger partial charge in [-0.2, -0.15) is 0 Å². The SMILES string of the molecule is Cc1cccc(OCC(=O)NC[C@H](c2ccc(N(C)C)cc2)[NH+]2CC[NH+](C)CC2)c1. The summed E-state index contributed by atoms with van der Waals surface area (Å²) in [6.45, 7) is 7.21. The van der Waals surface area contributed by atoms with E-state index in [4.69, 9.17) is 4.74 Å². The van der Waals surface area contributed by atoms with E-state index in [1.54, 1.807) is 4.90 Å². The Kier molecular flexibility index (Phi) is 7.71. The predicted molar refractivity (Wildman–Crippen MR) is 121 cm³/mol. The van der Waals surface area contributed by atoms with E-state index in [9.17, 15) is 4.79 Å². The van der Waals surface area contributed by atoms with Crippen molar-refractivity contribution in [3.8, 4) is 5.75 Å². The summed E-state index contributed by atoms with van der Waals surface area (Å²) in [6, 6.07) is 16.7. The van der Waals surface area contributed by atoms with Gasteiger partial charge in [-0.1, -0.05) is 24.3 Å². The van der Waals surface area contributed by atoms with Gasteiger partial charge < -0.3 is 24.8 Å². The summed E-state index contributed by atoms with van der Waals surface area (Å²) < 4.78 is 5.66. The molecule has 0 aromatic heterocycles. The smallest absolute Gasteiger partial charge is 0.258 e. The highest BCUT2D eigenvalue weighted by Crippen LogP contribution is 2.16. The molecule has 0 radical (unpaired) electrons. The van der Waals surface area contributed by atoms with Crippen LogP contribution in [0.1, 0.15) is 17.2 Å². The number of amides is 1. The zero-order valence-corrected chi connectivity index (χ0v) is 18.7. The average Bonchev–Trinajstić information content (AvgIpc) is 2.74. The molecule has 2 aromatic rings. The largest absolute Gasteiger partial charge is 0.484 e. The third-order valence-corrected chi connectivity index (χ3v) is 5.91. The molecule has 162 valence electrons. The van der Waals surface area contributed by atoms with Gasteiger partial charge in [0.2, 0.25) is 0 Å². The fourth-order valence-electron chi connectivity index (χ4n) is 3.97. The highest BCUT2D eigenvalue weighted by Gasteiger charge is 2.29. The molecule has 1 fully saturated rings. The molecule has 0 unspecified atom stereocenters. The van der Waals surface area contributed by atoms with Crippen LogP contribution in [0.2, 0.25) is 0 Å². The number of likely N-dealkylation sites (N-methyl/N-ethyl adjacent to an activating group) is 1. The minimum atomic E-state index is -0.0782. The summed E-state index contributed by atoms with van der Waals surface area (Å²) in [5, 5.41) is 3.11. The van der Waals surface area contributed by atoms with Crippen LogP contribution in [0.15, 0.2) is 48.5 Å². The highest BCUT2D eigenvalue weighted by atomic mass is 16.5. The quantitative estimate of drug-likeness (QED) is 0.559. The standard InChI is InChI=1S/C24H34N4O2/c1-19-6-5-7-22(16-19)30-18-24(29)25-17-23(28-14-12-27(4)13-15-28)20-8-10-21(11-9-20)26(2)3/h5-11,16,23H,12-15,17-18H2,1-4H3,(H,25,29)/p+2/t23-/m1/s1. The van der Waals surface area contributed by atoms with E-state index >= 15 is 0 Å². The molecule has 1 aliphatic heterocycles. The van der Waals surface area contributed by atoms with Crippen molar-refractivity contribution in [3.05, 3.63) is 59.7 Å². The summed E-state index contributed by atoms with van der Waals surface area (Å²) in [4.78, 5) is 17.7. The number of hydrogen-bond donors (Lipinski definition) is 3. The molecule has 1 heterocycles. The molecule has 3 N–H and O–H groups in total. The topological polar surface area (TPSA) is 50.4 Å². The molecule has 1 saturated heterocycles. The van der Waals surface area contributed by atoms with Gasteiger partial charge in [-0.25, -0.2) is 0 Å². The van der Waals surface area contributed by atoms with Gasteiger partial charge in [-0.15, -0.1) is 0 Å². The Morgan fingerprint density at radius 2 is 1.80 bits per heavy atom. The Labute approximate surface area is 180 Å². The van der Waals surface area contributed by atoms with Gasteiger partial charge in [-0.3, -0.25) is 4.79 Å². The molecule has 6 nitrogen and oxygen atoms in total. The van der Waals surface area contributed by atoms with Crippen molar-refractivity contribution in [3.63, 3.8) is 0 Å². The molecule has 0 saturated carbocycles. The molecule has 0 bridgehead atoms. The predicted octanol–water partition coefficient (Wildman–Crippen LogP) is -0.289. The Morgan fingerprint density at radius 3 is 2.43 bits per heavy atom. The van der Waals surface area contributed by atoms with Crippen LogP contribution in [0.25, 0.3) is 0 Å². The minimum absolute atomic E-state index is 0.0396. The van der Waals surface area contributed by atoms with Crippen LogP contribution in [0.4, 0.5) is 5.69 Å². The fraction of sp³-hybridized carbons (Fsp3) is 0.458. The van der Waals surface area contributed by atoms with Crippen LogP contribution in [-0.2, 0) is 4.79 Å². The van der Waals surface area contributed by atoms with Crippen molar-refractivity contribution in [2.75, 3.05) is 65.4 Å². The van der Waals surface area contributed by atoms with Crippen LogP contribution in [0, 0.1) is 6.92 Å². The first-order chi connectivity index (χ1) is 14.4. The second kappa shape index (κ2) is 10.5. The van der Waals surface area contributed by atoms with Gasteiger partial charge in [0.1, 0.15) is 38.0 Å². The third kappa shape index (κ3) is 6.21. The van der Waals surface area contributed by atoms with Crippen molar-refractivity contribution in [2.45, 2.75) is 13.0 Å². The monoisotopic (exact) mass is 412 g/mol. The van der Waals surface area contributed by atoms with E-state index in [2.05, 4.69) is 55.6 Å². The van der Waals surface area contributed by atoms with Gasteiger partial charge in [-0.05, 0) is 36.8 Å². The summed E-state index contributed by atoms with van der Waals surface area (Å²) in [7, 11) is 6.35. The van der Waals surface area contributed by atoms with Crippen LogP contribution in [0.5, 0.6) is 5.75 Å². The Balaban J connectivity index is 1.62. The third-order valence-electron chi connectivity index (χ3n) is 5.91. The molecule has 1 atom stereocenters. The van der Waals surface area contributed by atoms with Crippen molar-refractivity contribution in [1.29, 1.82) is 0 Å². The van der Waals surface area contributed by atoms with Crippen molar-refractivity contribution in [2.24, 2.45) is 0 Å². The zero-order chi connectivity index (χ0) is 21.5. The number of anilines is 1. The molecular weight excluding hydrogens is 376 g/mol. The highest BCUT2D eigenvalue weighted by molar-refractivity contribution is 5.77. The number of carbonyl (C=O) groups excluding carboxylic acids is 1. The summed E-state index contributed by atoms with van der Waals surface area (Å²) >= 11 is 0. The molecule has 6 heteroatoms. The van der Waals surface area contributed by atoms with Crippen molar-refractivity contribution >= 4 is 11.6 Å². The summed E-state index contributed by atoms with van der Waals surface area (Å²) in [5.41, 5.74) is 3.58. The van der Waals surface area contributed by atoms with Crippen LogP contribution >= 0.6 is 0 Å². The maximum Gasteiger partial charge on any atom is 0.258 e. The fourth-order valence-corrected chi connectivity index (χ4v) is 3.97. The number of ether oxygens (including phenoxy) is 1. The molecule has 0 aliphatic carbocycles. The van der Waals surface area contributed by atoms with E-state index in [0.717, 1.165) is 37.5 Å². The number of benzene rings is 2.